The van der Waals surface area contributed by atoms with Gasteiger partial charge in [-0.3, -0.25) is 0 Å². The van der Waals surface area contributed by atoms with Crippen molar-refractivity contribution in [3.05, 3.63) is 13.1 Å². The molecule has 0 amide bonds. The second-order valence-corrected chi connectivity index (χ2v) is 6.08. The minimum Gasteiger partial charge on any atom is -0.612 e. The second-order valence-electron chi connectivity index (χ2n) is 1.75. The number of thiophene rings is 1. The first-order valence-electron chi connectivity index (χ1n) is 2.50. The predicted octanol–water partition coefficient (Wildman–Crippen LogP) is 3.55. The van der Waals surface area contributed by atoms with Crippen LogP contribution in [0.2, 0.25) is 8.67 Å². The van der Waals surface area contributed by atoms with Gasteiger partial charge in [0, 0.05) is 0 Å². The zero-order valence-corrected chi connectivity index (χ0v) is 10.1. The smallest absolute Gasteiger partial charge is 0.197 e. The highest BCUT2D eigenvalue weighted by atomic mass is 79.9. The molecule has 0 aliphatic carbocycles. The highest BCUT2D eigenvalue weighted by Gasteiger charge is 2.21. The van der Waals surface area contributed by atoms with Crippen molar-refractivity contribution < 1.29 is 4.55 Å². The average Bonchev–Trinajstić information content (AvgIpc) is 2.07. The lowest BCUT2D eigenvalue weighted by Crippen LogP contribution is -1.96. The van der Waals surface area contributed by atoms with E-state index >= 15 is 0 Å². The maximum atomic E-state index is 11.0. The molecule has 0 N–H and O–H groups in total. The van der Waals surface area contributed by atoms with Crippen LogP contribution in [0, 0.1) is 0 Å². The Morgan fingerprint density at radius 1 is 1.45 bits per heavy atom. The largest absolute Gasteiger partial charge is 0.612 e. The molecule has 6 heteroatoms. The van der Waals surface area contributed by atoms with Crippen LogP contribution >= 0.6 is 50.5 Å². The molecule has 0 saturated heterocycles. The van der Waals surface area contributed by atoms with Gasteiger partial charge in [-0.25, -0.2) is 0 Å². The molecular formula is C5H3BrCl2OS2. The molecule has 1 heterocycles. The van der Waals surface area contributed by atoms with Crippen molar-refractivity contribution >= 4 is 61.6 Å². The van der Waals surface area contributed by atoms with Crippen molar-refractivity contribution in [3.63, 3.8) is 0 Å². The van der Waals surface area contributed by atoms with Crippen LogP contribution in [0.1, 0.15) is 0 Å². The van der Waals surface area contributed by atoms with Gasteiger partial charge in [0.05, 0.1) is 0 Å². The van der Waals surface area contributed by atoms with Crippen molar-refractivity contribution in [1.29, 1.82) is 0 Å². The third-order valence-corrected chi connectivity index (χ3v) is 5.40. The zero-order chi connectivity index (χ0) is 8.59. The Kier molecular flexibility index (Phi) is 3.56. The summed E-state index contributed by atoms with van der Waals surface area (Å²) in [5.74, 6) is 0. The minimum absolute atomic E-state index is 0.489. The summed E-state index contributed by atoms with van der Waals surface area (Å²) in [6, 6.07) is 0. The number of halogens is 3. The number of rotatable bonds is 1. The molecule has 0 aliphatic rings. The van der Waals surface area contributed by atoms with E-state index in [0.717, 1.165) is 0 Å². The highest BCUT2D eigenvalue weighted by molar-refractivity contribution is 9.10. The lowest BCUT2D eigenvalue weighted by atomic mass is 10.7. The third kappa shape index (κ3) is 2.05. The SMILES string of the molecule is C[S+]([O-])c1c(Cl)sc(Cl)c1Br. The van der Waals surface area contributed by atoms with Crippen molar-refractivity contribution in [1.82, 2.24) is 0 Å². The first kappa shape index (κ1) is 10.2. The summed E-state index contributed by atoms with van der Waals surface area (Å²) < 4.78 is 12.7. The fourth-order valence-corrected chi connectivity index (χ4v) is 4.77. The Labute approximate surface area is 90.0 Å². The third-order valence-electron chi connectivity index (χ3n) is 1.02. The van der Waals surface area contributed by atoms with Crippen LogP contribution in [-0.4, -0.2) is 10.8 Å². The molecule has 0 saturated carbocycles. The van der Waals surface area contributed by atoms with Crippen molar-refractivity contribution in [3.8, 4) is 0 Å². The normalized spacial score (nSPS) is 13.5. The molecule has 1 rings (SSSR count). The van der Waals surface area contributed by atoms with Gasteiger partial charge in [-0.1, -0.05) is 23.2 Å². The maximum absolute atomic E-state index is 11.0. The van der Waals surface area contributed by atoms with Gasteiger partial charge >= 0.3 is 0 Å². The van der Waals surface area contributed by atoms with Crippen LogP contribution < -0.4 is 0 Å². The second kappa shape index (κ2) is 3.85. The Balaban J connectivity index is 3.22. The Bertz CT molecular complexity index is 274. The van der Waals surface area contributed by atoms with E-state index < -0.39 is 11.2 Å². The molecule has 0 aromatic carbocycles. The summed E-state index contributed by atoms with van der Waals surface area (Å²) in [7, 11) is 0. The molecule has 1 unspecified atom stereocenters. The molecule has 0 spiro atoms. The summed E-state index contributed by atoms with van der Waals surface area (Å²) in [5.41, 5.74) is 0. The lowest BCUT2D eigenvalue weighted by Gasteiger charge is -2.01. The van der Waals surface area contributed by atoms with E-state index in [9.17, 15) is 4.55 Å². The number of hydrogen-bond donors (Lipinski definition) is 0. The zero-order valence-electron chi connectivity index (χ0n) is 5.36. The van der Waals surface area contributed by atoms with E-state index in [1.807, 2.05) is 0 Å². The maximum Gasteiger partial charge on any atom is 0.197 e. The fraction of sp³-hybridized carbons (Fsp3) is 0.200. The van der Waals surface area contributed by atoms with Crippen LogP contribution in [-0.2, 0) is 11.2 Å². The summed E-state index contributed by atoms with van der Waals surface area (Å²) in [6.45, 7) is 0. The quantitative estimate of drug-likeness (QED) is 0.726. The van der Waals surface area contributed by atoms with Gasteiger partial charge in [-0.15, -0.1) is 11.3 Å². The van der Waals surface area contributed by atoms with Gasteiger partial charge < -0.3 is 4.55 Å². The van der Waals surface area contributed by atoms with E-state index in [0.29, 0.717) is 18.0 Å². The van der Waals surface area contributed by atoms with Crippen molar-refractivity contribution in [2.45, 2.75) is 4.90 Å². The first-order chi connectivity index (χ1) is 5.04. The molecular weight excluding hydrogens is 291 g/mol. The molecule has 0 aliphatic heterocycles. The first-order valence-corrected chi connectivity index (χ1v) is 6.43. The van der Waals surface area contributed by atoms with E-state index in [-0.39, 0.29) is 0 Å². The molecule has 11 heavy (non-hydrogen) atoms. The van der Waals surface area contributed by atoms with Gasteiger partial charge in [0.25, 0.3) is 0 Å². The van der Waals surface area contributed by atoms with E-state index in [2.05, 4.69) is 15.9 Å². The topological polar surface area (TPSA) is 23.1 Å². The van der Waals surface area contributed by atoms with Crippen LogP contribution in [0.4, 0.5) is 0 Å². The van der Waals surface area contributed by atoms with Crippen LogP contribution in [0.15, 0.2) is 9.37 Å². The molecule has 1 nitrogen and oxygen atoms in total. The predicted molar refractivity (Wildman–Crippen MR) is 54.4 cm³/mol. The Morgan fingerprint density at radius 3 is 2.18 bits per heavy atom. The molecule has 62 valence electrons. The summed E-state index contributed by atoms with van der Waals surface area (Å²) >= 11 is 14.8. The average molecular weight is 294 g/mol. The minimum atomic E-state index is -1.08. The standard InChI is InChI=1S/C5H3BrCl2OS2/c1-11(9)3-2(6)4(7)10-5(3)8/h1H3. The van der Waals surface area contributed by atoms with E-state index in [4.69, 9.17) is 23.2 Å². The molecule has 1 aromatic rings. The van der Waals surface area contributed by atoms with Crippen molar-refractivity contribution in [2.24, 2.45) is 0 Å². The highest BCUT2D eigenvalue weighted by Crippen LogP contribution is 2.42. The van der Waals surface area contributed by atoms with Gasteiger partial charge in [-0.2, -0.15) is 0 Å². The fourth-order valence-electron chi connectivity index (χ4n) is 0.585. The Morgan fingerprint density at radius 2 is 2.00 bits per heavy atom. The van der Waals surface area contributed by atoms with Crippen LogP contribution in [0.25, 0.3) is 0 Å². The van der Waals surface area contributed by atoms with E-state index in [1.54, 1.807) is 6.26 Å². The van der Waals surface area contributed by atoms with Crippen LogP contribution in [0.5, 0.6) is 0 Å². The molecule has 0 bridgehead atoms. The van der Waals surface area contributed by atoms with Crippen molar-refractivity contribution in [2.75, 3.05) is 6.26 Å². The van der Waals surface area contributed by atoms with Gasteiger partial charge in [0.1, 0.15) is 15.1 Å². The van der Waals surface area contributed by atoms with Crippen LogP contribution in [0.3, 0.4) is 0 Å². The Hall–Kier alpha value is 1.07. The summed E-state index contributed by atoms with van der Waals surface area (Å²) in [6.07, 6.45) is 1.56. The summed E-state index contributed by atoms with van der Waals surface area (Å²) in [4.78, 5) is 0.585. The molecule has 1 atom stereocenters. The monoisotopic (exact) mass is 292 g/mol. The molecule has 0 radical (unpaired) electrons. The van der Waals surface area contributed by atoms with Gasteiger partial charge in [0.15, 0.2) is 9.23 Å². The molecule has 0 fully saturated rings. The van der Waals surface area contributed by atoms with Gasteiger partial charge in [-0.05, 0) is 27.1 Å². The number of hydrogen-bond acceptors (Lipinski definition) is 2. The molecule has 1 aromatic heterocycles. The van der Waals surface area contributed by atoms with E-state index in [1.165, 1.54) is 11.3 Å². The summed E-state index contributed by atoms with van der Waals surface area (Å²) in [5, 5.41) is 0. The lowest BCUT2D eigenvalue weighted by molar-refractivity contribution is 0.601. The van der Waals surface area contributed by atoms with Gasteiger partial charge in [0.2, 0.25) is 0 Å².